The molecule has 1 heterocycles. The van der Waals surface area contributed by atoms with E-state index in [0.717, 1.165) is 0 Å². The summed E-state index contributed by atoms with van der Waals surface area (Å²) in [5.74, 6) is -1.01. The first-order valence-corrected chi connectivity index (χ1v) is 5.35. The molecule has 0 spiro atoms. The van der Waals surface area contributed by atoms with Gasteiger partial charge in [-0.3, -0.25) is 4.79 Å². The first-order chi connectivity index (χ1) is 7.90. The van der Waals surface area contributed by atoms with Gasteiger partial charge in [-0.1, -0.05) is 12.1 Å². The highest BCUT2D eigenvalue weighted by atomic mass is 16.5. The molecule has 1 N–H and O–H groups in total. The fourth-order valence-corrected chi connectivity index (χ4v) is 1.45. The van der Waals surface area contributed by atoms with Crippen molar-refractivity contribution in [2.75, 3.05) is 7.05 Å². The first-order valence-electron chi connectivity index (χ1n) is 5.35. The number of aromatic nitrogens is 1. The molecule has 1 atom stereocenters. The summed E-state index contributed by atoms with van der Waals surface area (Å²) >= 11 is 0. The average Bonchev–Trinajstić information content (AvgIpc) is 2.67. The zero-order valence-electron chi connectivity index (χ0n) is 10.4. The molecule has 6 heteroatoms. The van der Waals surface area contributed by atoms with E-state index in [1.165, 1.54) is 18.9 Å². The predicted octanol–water partition coefficient (Wildman–Crippen LogP) is 1.09. The molecule has 0 saturated carbocycles. The van der Waals surface area contributed by atoms with Gasteiger partial charge in [-0.2, -0.15) is 0 Å². The van der Waals surface area contributed by atoms with Gasteiger partial charge < -0.3 is 14.5 Å². The zero-order valence-corrected chi connectivity index (χ0v) is 10.4. The summed E-state index contributed by atoms with van der Waals surface area (Å²) < 4.78 is 4.95. The van der Waals surface area contributed by atoms with E-state index in [4.69, 9.17) is 9.63 Å². The van der Waals surface area contributed by atoms with E-state index < -0.39 is 12.0 Å². The maximum atomic E-state index is 12.1. The fraction of sp³-hybridized carbons (Fsp3) is 0.545. The van der Waals surface area contributed by atoms with Crippen LogP contribution in [0.25, 0.3) is 0 Å². The minimum absolute atomic E-state index is 0.364. The van der Waals surface area contributed by atoms with Crippen LogP contribution < -0.4 is 0 Å². The molecule has 1 rings (SSSR count). The van der Waals surface area contributed by atoms with E-state index in [2.05, 4.69) is 5.16 Å². The van der Waals surface area contributed by atoms with Crippen LogP contribution in [-0.4, -0.2) is 40.1 Å². The molecule has 1 amide bonds. The largest absolute Gasteiger partial charge is 0.480 e. The van der Waals surface area contributed by atoms with Gasteiger partial charge in [-0.05, 0) is 20.3 Å². The highest BCUT2D eigenvalue weighted by Crippen LogP contribution is 2.17. The Kier molecular flexibility index (Phi) is 3.88. The molecule has 0 bridgehead atoms. The molecule has 94 valence electrons. The Bertz CT molecular complexity index is 439. The summed E-state index contributed by atoms with van der Waals surface area (Å²) in [5, 5.41) is 12.6. The zero-order chi connectivity index (χ0) is 13.2. The standard InChI is InChI=1S/C11H16N2O4/c1-5-8-9(7(3)17-12-8)10(14)13(4)6(2)11(15)16/h6H,5H2,1-4H3,(H,15,16). The Hall–Kier alpha value is -1.85. The Morgan fingerprint density at radius 2 is 2.12 bits per heavy atom. The van der Waals surface area contributed by atoms with E-state index in [1.54, 1.807) is 6.92 Å². The Morgan fingerprint density at radius 3 is 2.59 bits per heavy atom. The predicted molar refractivity (Wildman–Crippen MR) is 59.8 cm³/mol. The lowest BCUT2D eigenvalue weighted by Gasteiger charge is -2.21. The molecular weight excluding hydrogens is 224 g/mol. The monoisotopic (exact) mass is 240 g/mol. The van der Waals surface area contributed by atoms with Gasteiger partial charge in [-0.15, -0.1) is 0 Å². The normalized spacial score (nSPS) is 12.2. The minimum atomic E-state index is -1.05. The van der Waals surface area contributed by atoms with Crippen LogP contribution in [0.2, 0.25) is 0 Å². The van der Waals surface area contributed by atoms with Crippen molar-refractivity contribution in [1.82, 2.24) is 10.1 Å². The third-order valence-electron chi connectivity index (χ3n) is 2.74. The summed E-state index contributed by atoms with van der Waals surface area (Å²) in [4.78, 5) is 24.1. The van der Waals surface area contributed by atoms with E-state index in [1.807, 2.05) is 6.92 Å². The second kappa shape index (κ2) is 4.99. The SMILES string of the molecule is CCc1noc(C)c1C(=O)N(C)C(C)C(=O)O. The van der Waals surface area contributed by atoms with Gasteiger partial charge in [0.2, 0.25) is 0 Å². The smallest absolute Gasteiger partial charge is 0.326 e. The second-order valence-electron chi connectivity index (χ2n) is 3.84. The van der Waals surface area contributed by atoms with Gasteiger partial charge in [0.05, 0.1) is 5.69 Å². The molecule has 0 aliphatic rings. The van der Waals surface area contributed by atoms with Crippen LogP contribution in [0.5, 0.6) is 0 Å². The summed E-state index contributed by atoms with van der Waals surface area (Å²) in [5.41, 5.74) is 0.917. The van der Waals surface area contributed by atoms with Gasteiger partial charge in [0, 0.05) is 7.05 Å². The van der Waals surface area contributed by atoms with Crippen LogP contribution in [0, 0.1) is 6.92 Å². The van der Waals surface area contributed by atoms with E-state index in [0.29, 0.717) is 23.4 Å². The number of likely N-dealkylation sites (N-methyl/N-ethyl adjacent to an activating group) is 1. The fourth-order valence-electron chi connectivity index (χ4n) is 1.45. The van der Waals surface area contributed by atoms with E-state index in [9.17, 15) is 9.59 Å². The van der Waals surface area contributed by atoms with Crippen LogP contribution in [0.1, 0.15) is 35.7 Å². The quantitative estimate of drug-likeness (QED) is 0.851. The highest BCUT2D eigenvalue weighted by molar-refractivity contribution is 5.98. The van der Waals surface area contributed by atoms with Gasteiger partial charge in [0.25, 0.3) is 5.91 Å². The highest BCUT2D eigenvalue weighted by Gasteiger charge is 2.27. The summed E-state index contributed by atoms with van der Waals surface area (Å²) in [6, 6.07) is -0.887. The lowest BCUT2D eigenvalue weighted by Crippen LogP contribution is -2.40. The third-order valence-corrected chi connectivity index (χ3v) is 2.74. The maximum Gasteiger partial charge on any atom is 0.326 e. The molecular formula is C11H16N2O4. The molecule has 0 aliphatic heterocycles. The van der Waals surface area contributed by atoms with Crippen LogP contribution in [0.4, 0.5) is 0 Å². The van der Waals surface area contributed by atoms with Gasteiger partial charge in [-0.25, -0.2) is 4.79 Å². The number of amides is 1. The Labute approximate surface area is 99.2 Å². The topological polar surface area (TPSA) is 83.6 Å². The molecule has 0 radical (unpaired) electrons. The first kappa shape index (κ1) is 13.2. The van der Waals surface area contributed by atoms with Crippen LogP contribution in [-0.2, 0) is 11.2 Å². The number of aliphatic carboxylic acids is 1. The number of carboxylic acids is 1. The minimum Gasteiger partial charge on any atom is -0.480 e. The molecule has 6 nitrogen and oxygen atoms in total. The van der Waals surface area contributed by atoms with Crippen molar-refractivity contribution in [1.29, 1.82) is 0 Å². The Morgan fingerprint density at radius 1 is 1.53 bits per heavy atom. The number of carbonyl (C=O) groups is 2. The molecule has 0 aliphatic carbocycles. The number of carbonyl (C=O) groups excluding carboxylic acids is 1. The molecule has 0 saturated heterocycles. The summed E-state index contributed by atoms with van der Waals surface area (Å²) in [6.45, 7) is 4.95. The number of hydrogen-bond donors (Lipinski definition) is 1. The van der Waals surface area contributed by atoms with Crippen LogP contribution in [0.15, 0.2) is 4.52 Å². The van der Waals surface area contributed by atoms with Crippen molar-refractivity contribution in [3.8, 4) is 0 Å². The lowest BCUT2D eigenvalue weighted by atomic mass is 10.1. The molecule has 0 fully saturated rings. The van der Waals surface area contributed by atoms with Crippen molar-refractivity contribution in [2.45, 2.75) is 33.2 Å². The number of aryl methyl sites for hydroxylation is 2. The number of hydrogen-bond acceptors (Lipinski definition) is 4. The molecule has 1 aromatic heterocycles. The van der Waals surface area contributed by atoms with Crippen molar-refractivity contribution >= 4 is 11.9 Å². The van der Waals surface area contributed by atoms with Crippen molar-refractivity contribution in [3.05, 3.63) is 17.0 Å². The van der Waals surface area contributed by atoms with E-state index in [-0.39, 0.29) is 5.91 Å². The summed E-state index contributed by atoms with van der Waals surface area (Å²) in [7, 11) is 1.45. The molecule has 17 heavy (non-hydrogen) atoms. The number of carboxylic acid groups (broad SMARTS) is 1. The van der Waals surface area contributed by atoms with Gasteiger partial charge >= 0.3 is 5.97 Å². The lowest BCUT2D eigenvalue weighted by molar-refractivity contribution is -0.141. The van der Waals surface area contributed by atoms with Gasteiger partial charge in [0.15, 0.2) is 0 Å². The molecule has 1 aromatic rings. The van der Waals surface area contributed by atoms with Crippen molar-refractivity contribution < 1.29 is 19.2 Å². The Balaban J connectivity index is 3.04. The average molecular weight is 240 g/mol. The molecule has 1 unspecified atom stereocenters. The second-order valence-corrected chi connectivity index (χ2v) is 3.84. The van der Waals surface area contributed by atoms with Gasteiger partial charge in [0.1, 0.15) is 17.4 Å². The van der Waals surface area contributed by atoms with Crippen LogP contribution in [0.3, 0.4) is 0 Å². The number of nitrogens with zero attached hydrogens (tertiary/aromatic N) is 2. The molecule has 0 aromatic carbocycles. The summed E-state index contributed by atoms with van der Waals surface area (Å²) in [6.07, 6.45) is 0.563. The maximum absolute atomic E-state index is 12.1. The van der Waals surface area contributed by atoms with Crippen molar-refractivity contribution in [3.63, 3.8) is 0 Å². The number of rotatable bonds is 4. The third kappa shape index (κ3) is 2.46. The van der Waals surface area contributed by atoms with Crippen LogP contribution >= 0.6 is 0 Å². The van der Waals surface area contributed by atoms with E-state index >= 15 is 0 Å². The van der Waals surface area contributed by atoms with Crippen molar-refractivity contribution in [2.24, 2.45) is 0 Å².